The first-order valence-corrected chi connectivity index (χ1v) is 5.00. The number of nitrogens with one attached hydrogen (secondary N) is 1. The molecule has 0 aliphatic heterocycles. The van der Waals surface area contributed by atoms with E-state index in [0.717, 1.165) is 37.4 Å². The van der Waals surface area contributed by atoms with Gasteiger partial charge in [0.15, 0.2) is 0 Å². The first kappa shape index (κ1) is 11.9. The minimum Gasteiger partial charge on any atom is -0.329 e. The van der Waals surface area contributed by atoms with Crippen molar-refractivity contribution >= 4 is 0 Å². The lowest BCUT2D eigenvalue weighted by Crippen LogP contribution is -2.32. The Labute approximate surface area is 76.9 Å². The van der Waals surface area contributed by atoms with Crippen LogP contribution in [0.5, 0.6) is 0 Å². The van der Waals surface area contributed by atoms with Crippen LogP contribution < -0.4 is 11.1 Å². The zero-order valence-corrected chi connectivity index (χ0v) is 8.93. The molecule has 0 bridgehead atoms. The van der Waals surface area contributed by atoms with Gasteiger partial charge in [0.1, 0.15) is 0 Å². The van der Waals surface area contributed by atoms with Gasteiger partial charge in [-0.25, -0.2) is 0 Å². The second-order valence-electron chi connectivity index (χ2n) is 4.14. The molecule has 0 unspecified atom stereocenters. The number of hydrogen-bond donors (Lipinski definition) is 2. The van der Waals surface area contributed by atoms with Crippen molar-refractivity contribution in [2.75, 3.05) is 19.6 Å². The minimum atomic E-state index is 0.739. The number of nitrogens with two attached hydrogens (primary N) is 1. The Kier molecular flexibility index (Phi) is 6.39. The van der Waals surface area contributed by atoms with E-state index in [1.54, 1.807) is 0 Å². The zero-order valence-electron chi connectivity index (χ0n) is 8.93. The highest BCUT2D eigenvalue weighted by molar-refractivity contribution is 4.69. The van der Waals surface area contributed by atoms with Crippen molar-refractivity contribution in [3.05, 3.63) is 0 Å². The van der Waals surface area contributed by atoms with Crippen LogP contribution in [-0.4, -0.2) is 19.6 Å². The van der Waals surface area contributed by atoms with E-state index in [1.807, 2.05) is 0 Å². The molecule has 0 fully saturated rings. The first-order valence-electron chi connectivity index (χ1n) is 5.00. The molecule has 2 heteroatoms. The zero-order chi connectivity index (χ0) is 9.56. The largest absolute Gasteiger partial charge is 0.329 e. The van der Waals surface area contributed by atoms with Gasteiger partial charge in [0.25, 0.3) is 0 Å². The summed E-state index contributed by atoms with van der Waals surface area (Å²) in [7, 11) is 0. The summed E-state index contributed by atoms with van der Waals surface area (Å²) in [6.07, 6.45) is 0. The van der Waals surface area contributed by atoms with E-state index in [4.69, 9.17) is 5.73 Å². The highest BCUT2D eigenvalue weighted by atomic mass is 14.9. The molecule has 0 aliphatic rings. The van der Waals surface area contributed by atoms with Crippen LogP contribution in [0.4, 0.5) is 0 Å². The van der Waals surface area contributed by atoms with Crippen molar-refractivity contribution in [1.82, 2.24) is 5.32 Å². The SMILES string of the molecule is CC(C)C(CNCCN)C(C)C. The third kappa shape index (κ3) is 4.73. The van der Waals surface area contributed by atoms with Gasteiger partial charge in [-0.1, -0.05) is 27.7 Å². The molecule has 0 saturated heterocycles. The van der Waals surface area contributed by atoms with Crippen molar-refractivity contribution in [3.63, 3.8) is 0 Å². The summed E-state index contributed by atoms with van der Waals surface area (Å²) in [6.45, 7) is 11.9. The lowest BCUT2D eigenvalue weighted by molar-refractivity contribution is 0.277. The summed E-state index contributed by atoms with van der Waals surface area (Å²) < 4.78 is 0. The van der Waals surface area contributed by atoms with Gasteiger partial charge in [-0.3, -0.25) is 0 Å². The maximum Gasteiger partial charge on any atom is 0.00746 e. The molecule has 0 atom stereocenters. The van der Waals surface area contributed by atoms with Crippen molar-refractivity contribution in [1.29, 1.82) is 0 Å². The number of hydrogen-bond acceptors (Lipinski definition) is 2. The van der Waals surface area contributed by atoms with Crippen LogP contribution in [0.2, 0.25) is 0 Å². The Morgan fingerprint density at radius 3 is 1.92 bits per heavy atom. The van der Waals surface area contributed by atoms with Crippen LogP contribution in [0.1, 0.15) is 27.7 Å². The fourth-order valence-corrected chi connectivity index (χ4v) is 1.61. The first-order chi connectivity index (χ1) is 5.59. The summed E-state index contributed by atoms with van der Waals surface area (Å²) >= 11 is 0. The molecule has 74 valence electrons. The van der Waals surface area contributed by atoms with Gasteiger partial charge in [0.05, 0.1) is 0 Å². The fraction of sp³-hybridized carbons (Fsp3) is 1.00. The van der Waals surface area contributed by atoms with Crippen molar-refractivity contribution in [2.24, 2.45) is 23.5 Å². The van der Waals surface area contributed by atoms with E-state index in [0.29, 0.717) is 0 Å². The molecule has 0 aliphatic carbocycles. The fourth-order valence-electron chi connectivity index (χ4n) is 1.61. The molecule has 0 amide bonds. The molecule has 0 rings (SSSR count). The van der Waals surface area contributed by atoms with E-state index in [-0.39, 0.29) is 0 Å². The molecule has 0 radical (unpaired) electrons. The van der Waals surface area contributed by atoms with Gasteiger partial charge in [-0.15, -0.1) is 0 Å². The number of rotatable bonds is 6. The molecule has 0 aromatic carbocycles. The topological polar surface area (TPSA) is 38.0 Å². The van der Waals surface area contributed by atoms with Crippen molar-refractivity contribution < 1.29 is 0 Å². The van der Waals surface area contributed by atoms with E-state index in [2.05, 4.69) is 33.0 Å². The van der Waals surface area contributed by atoms with E-state index in [9.17, 15) is 0 Å². The lowest BCUT2D eigenvalue weighted by atomic mass is 9.85. The molecular formula is C10H24N2. The Bertz CT molecular complexity index is 92.0. The van der Waals surface area contributed by atoms with Crippen LogP contribution in [0.25, 0.3) is 0 Å². The minimum absolute atomic E-state index is 0.739. The van der Waals surface area contributed by atoms with E-state index >= 15 is 0 Å². The summed E-state index contributed by atoms with van der Waals surface area (Å²) in [6, 6.07) is 0. The summed E-state index contributed by atoms with van der Waals surface area (Å²) in [5.41, 5.74) is 5.40. The molecule has 2 nitrogen and oxygen atoms in total. The standard InChI is InChI=1S/C10H24N2/c1-8(2)10(9(3)4)7-12-6-5-11/h8-10,12H,5-7,11H2,1-4H3. The lowest BCUT2D eigenvalue weighted by Gasteiger charge is -2.25. The third-order valence-corrected chi connectivity index (χ3v) is 2.41. The quantitative estimate of drug-likeness (QED) is 0.595. The molecule has 0 saturated carbocycles. The predicted octanol–water partition coefficient (Wildman–Crippen LogP) is 1.46. The van der Waals surface area contributed by atoms with Crippen LogP contribution in [-0.2, 0) is 0 Å². The second kappa shape index (κ2) is 6.44. The molecule has 12 heavy (non-hydrogen) atoms. The van der Waals surface area contributed by atoms with Gasteiger partial charge in [0.2, 0.25) is 0 Å². The summed E-state index contributed by atoms with van der Waals surface area (Å²) in [5.74, 6) is 2.29. The van der Waals surface area contributed by atoms with Crippen LogP contribution in [0, 0.1) is 17.8 Å². The van der Waals surface area contributed by atoms with Gasteiger partial charge >= 0.3 is 0 Å². The Morgan fingerprint density at radius 2 is 1.58 bits per heavy atom. The maximum atomic E-state index is 5.40. The Hall–Kier alpha value is -0.0800. The summed E-state index contributed by atoms with van der Waals surface area (Å²) in [4.78, 5) is 0. The average Bonchev–Trinajstić information content (AvgIpc) is 1.96. The van der Waals surface area contributed by atoms with Crippen molar-refractivity contribution in [3.8, 4) is 0 Å². The molecule has 0 spiro atoms. The highest BCUT2D eigenvalue weighted by Gasteiger charge is 2.16. The summed E-state index contributed by atoms with van der Waals surface area (Å²) in [5, 5.41) is 3.37. The maximum absolute atomic E-state index is 5.40. The van der Waals surface area contributed by atoms with Gasteiger partial charge in [0, 0.05) is 13.1 Å². The van der Waals surface area contributed by atoms with Crippen LogP contribution in [0.15, 0.2) is 0 Å². The van der Waals surface area contributed by atoms with Crippen LogP contribution >= 0.6 is 0 Å². The molecule has 0 heterocycles. The van der Waals surface area contributed by atoms with Gasteiger partial charge in [-0.2, -0.15) is 0 Å². The molecular weight excluding hydrogens is 148 g/mol. The smallest absolute Gasteiger partial charge is 0.00746 e. The van der Waals surface area contributed by atoms with Crippen LogP contribution in [0.3, 0.4) is 0 Å². The second-order valence-corrected chi connectivity index (χ2v) is 4.14. The molecule has 0 aromatic heterocycles. The monoisotopic (exact) mass is 172 g/mol. The highest BCUT2D eigenvalue weighted by Crippen LogP contribution is 2.18. The molecule has 0 aromatic rings. The van der Waals surface area contributed by atoms with Gasteiger partial charge in [-0.05, 0) is 24.3 Å². The van der Waals surface area contributed by atoms with Crippen molar-refractivity contribution in [2.45, 2.75) is 27.7 Å². The van der Waals surface area contributed by atoms with E-state index < -0.39 is 0 Å². The molecule has 3 N–H and O–H groups in total. The third-order valence-electron chi connectivity index (χ3n) is 2.41. The normalized spacial score (nSPS) is 12.0. The Balaban J connectivity index is 3.64. The Morgan fingerprint density at radius 1 is 1.08 bits per heavy atom. The average molecular weight is 172 g/mol. The van der Waals surface area contributed by atoms with E-state index in [1.165, 1.54) is 0 Å². The predicted molar refractivity (Wildman–Crippen MR) is 55.1 cm³/mol. The van der Waals surface area contributed by atoms with Gasteiger partial charge < -0.3 is 11.1 Å².